The second-order valence-corrected chi connectivity index (χ2v) is 3.00. The summed E-state index contributed by atoms with van der Waals surface area (Å²) in [6, 6.07) is 2.96. The van der Waals surface area contributed by atoms with Crippen LogP contribution in [0.25, 0.3) is 0 Å². The van der Waals surface area contributed by atoms with Gasteiger partial charge in [-0.2, -0.15) is 0 Å². The lowest BCUT2D eigenvalue weighted by atomic mass is 10.2. The molecule has 5 heteroatoms. The normalized spacial score (nSPS) is 9.20. The van der Waals surface area contributed by atoms with Gasteiger partial charge < -0.3 is 10.2 Å². The van der Waals surface area contributed by atoms with Gasteiger partial charge in [-0.05, 0) is 12.1 Å². The summed E-state index contributed by atoms with van der Waals surface area (Å²) >= 11 is 5.56. The Balaban J connectivity index is 3.08. The molecule has 0 aliphatic carbocycles. The van der Waals surface area contributed by atoms with Crippen LogP contribution in [0.4, 0.5) is 0 Å². The van der Waals surface area contributed by atoms with Gasteiger partial charge in [0.1, 0.15) is 5.15 Å². The fourth-order valence-corrected chi connectivity index (χ4v) is 1.06. The number of rotatable bonds is 2. The molecule has 0 fully saturated rings. The first kappa shape index (κ1) is 11.5. The second kappa shape index (κ2) is 5.35. The smallest absolute Gasteiger partial charge is 0.355 e. The maximum atomic E-state index is 10.8. The van der Waals surface area contributed by atoms with E-state index in [0.29, 0.717) is 12.0 Å². The van der Waals surface area contributed by atoms with Gasteiger partial charge in [0.25, 0.3) is 0 Å². The number of carboxylic acid groups (broad SMARTS) is 1. The molecule has 0 saturated carbocycles. The number of aromatic carboxylic acids is 1. The van der Waals surface area contributed by atoms with Crippen LogP contribution in [0.1, 0.15) is 22.5 Å². The molecule has 0 aromatic carbocycles. The molecule has 0 bridgehead atoms. The van der Waals surface area contributed by atoms with E-state index < -0.39 is 5.97 Å². The van der Waals surface area contributed by atoms with Crippen molar-refractivity contribution in [3.63, 3.8) is 0 Å². The summed E-state index contributed by atoms with van der Waals surface area (Å²) in [4.78, 5) is 14.4. The molecule has 0 aliphatic rings. The molecular formula is C10H8ClNO3. The predicted octanol–water partition coefficient (Wildman–Crippen LogP) is 1.17. The largest absolute Gasteiger partial charge is 0.476 e. The molecule has 0 atom stereocenters. The van der Waals surface area contributed by atoms with Crippen molar-refractivity contribution in [3.05, 3.63) is 28.5 Å². The lowest BCUT2D eigenvalue weighted by molar-refractivity contribution is 0.0690. The van der Waals surface area contributed by atoms with Crippen LogP contribution in [0.3, 0.4) is 0 Å². The number of carboxylic acids is 1. The van der Waals surface area contributed by atoms with E-state index in [-0.39, 0.29) is 17.5 Å². The van der Waals surface area contributed by atoms with Gasteiger partial charge in [-0.1, -0.05) is 23.4 Å². The number of aromatic nitrogens is 1. The van der Waals surface area contributed by atoms with Crippen LogP contribution in [0.5, 0.6) is 0 Å². The van der Waals surface area contributed by atoms with Gasteiger partial charge in [0.05, 0.1) is 12.2 Å². The van der Waals surface area contributed by atoms with Gasteiger partial charge in [0.15, 0.2) is 5.69 Å². The van der Waals surface area contributed by atoms with Crippen molar-refractivity contribution in [2.24, 2.45) is 0 Å². The molecule has 1 aromatic heterocycles. The number of hydrogen-bond donors (Lipinski definition) is 2. The van der Waals surface area contributed by atoms with Gasteiger partial charge >= 0.3 is 5.97 Å². The maximum Gasteiger partial charge on any atom is 0.355 e. The van der Waals surface area contributed by atoms with Crippen LogP contribution in [-0.2, 0) is 0 Å². The summed E-state index contributed by atoms with van der Waals surface area (Å²) < 4.78 is 0. The molecule has 1 rings (SSSR count). The molecule has 4 nitrogen and oxygen atoms in total. The van der Waals surface area contributed by atoms with Crippen molar-refractivity contribution < 1.29 is 15.0 Å². The molecule has 15 heavy (non-hydrogen) atoms. The van der Waals surface area contributed by atoms with Crippen molar-refractivity contribution in [2.75, 3.05) is 6.61 Å². The minimum Gasteiger partial charge on any atom is -0.476 e. The Bertz CT molecular complexity index is 434. The number of halogens is 1. The Morgan fingerprint density at radius 3 is 2.87 bits per heavy atom. The van der Waals surface area contributed by atoms with Crippen LogP contribution < -0.4 is 0 Å². The molecule has 78 valence electrons. The van der Waals surface area contributed by atoms with Crippen LogP contribution in [0.15, 0.2) is 12.1 Å². The van der Waals surface area contributed by atoms with Crippen LogP contribution in [-0.4, -0.2) is 27.8 Å². The quantitative estimate of drug-likeness (QED) is 0.586. The van der Waals surface area contributed by atoms with Crippen LogP contribution in [0, 0.1) is 11.8 Å². The first-order valence-electron chi connectivity index (χ1n) is 4.14. The maximum absolute atomic E-state index is 10.8. The zero-order chi connectivity index (χ0) is 11.3. The van der Waals surface area contributed by atoms with Crippen LogP contribution in [0.2, 0.25) is 5.15 Å². The van der Waals surface area contributed by atoms with E-state index in [0.717, 1.165) is 0 Å². The fourth-order valence-electron chi connectivity index (χ4n) is 0.913. The summed E-state index contributed by atoms with van der Waals surface area (Å²) in [7, 11) is 0. The molecule has 0 spiro atoms. The molecular weight excluding hydrogens is 218 g/mol. The zero-order valence-electron chi connectivity index (χ0n) is 7.70. The fraction of sp³-hybridized carbons (Fsp3) is 0.200. The summed E-state index contributed by atoms with van der Waals surface area (Å²) in [6.07, 6.45) is 0.293. The Labute approximate surface area is 91.5 Å². The van der Waals surface area contributed by atoms with E-state index in [1.54, 1.807) is 0 Å². The summed E-state index contributed by atoms with van der Waals surface area (Å²) in [5.74, 6) is 4.06. The van der Waals surface area contributed by atoms with Gasteiger partial charge in [-0.15, -0.1) is 0 Å². The monoisotopic (exact) mass is 225 g/mol. The SMILES string of the molecule is O=C(O)c1nc(Cl)ccc1C#CCCO. The first-order chi connectivity index (χ1) is 7.15. The first-order valence-corrected chi connectivity index (χ1v) is 4.52. The highest BCUT2D eigenvalue weighted by Gasteiger charge is 2.10. The zero-order valence-corrected chi connectivity index (χ0v) is 8.45. The summed E-state index contributed by atoms with van der Waals surface area (Å²) in [5, 5.41) is 17.4. The molecule has 0 amide bonds. The number of aliphatic hydroxyl groups excluding tert-OH is 1. The lowest BCUT2D eigenvalue weighted by Gasteiger charge is -1.98. The number of aliphatic hydroxyl groups is 1. The van der Waals surface area contributed by atoms with Gasteiger partial charge in [-0.3, -0.25) is 0 Å². The highest BCUT2D eigenvalue weighted by atomic mass is 35.5. The number of pyridine rings is 1. The second-order valence-electron chi connectivity index (χ2n) is 2.61. The highest BCUT2D eigenvalue weighted by molar-refractivity contribution is 6.29. The van der Waals surface area contributed by atoms with Gasteiger partial charge in [0, 0.05) is 6.42 Å². The molecule has 2 N–H and O–H groups in total. The minimum absolute atomic E-state index is 0.0591. The van der Waals surface area contributed by atoms with Crippen molar-refractivity contribution in [1.29, 1.82) is 0 Å². The third-order valence-corrected chi connectivity index (χ3v) is 1.73. The number of nitrogens with zero attached hydrogens (tertiary/aromatic N) is 1. The number of carbonyl (C=O) groups is 1. The highest BCUT2D eigenvalue weighted by Crippen LogP contribution is 2.10. The molecule has 0 aliphatic heterocycles. The van der Waals surface area contributed by atoms with Gasteiger partial charge in [0.2, 0.25) is 0 Å². The summed E-state index contributed by atoms with van der Waals surface area (Å²) in [6.45, 7) is -0.0591. The standard InChI is InChI=1S/C10H8ClNO3/c11-8-5-4-7(3-1-2-6-13)9(12-8)10(14)15/h4-5,13H,2,6H2,(H,14,15). The Hall–Kier alpha value is -1.57. The van der Waals surface area contributed by atoms with E-state index in [4.69, 9.17) is 21.8 Å². The van der Waals surface area contributed by atoms with Crippen molar-refractivity contribution in [2.45, 2.75) is 6.42 Å². The third kappa shape index (κ3) is 3.24. The van der Waals surface area contributed by atoms with E-state index in [1.807, 2.05) is 0 Å². The van der Waals surface area contributed by atoms with Gasteiger partial charge in [-0.25, -0.2) is 9.78 Å². The molecule has 0 saturated heterocycles. The minimum atomic E-state index is -1.18. The predicted molar refractivity (Wildman–Crippen MR) is 54.8 cm³/mol. The number of hydrogen-bond acceptors (Lipinski definition) is 3. The summed E-state index contributed by atoms with van der Waals surface area (Å²) in [5.41, 5.74) is 0.119. The Kier molecular flexibility index (Phi) is 4.10. The van der Waals surface area contributed by atoms with Crippen molar-refractivity contribution in [1.82, 2.24) is 4.98 Å². The van der Waals surface area contributed by atoms with E-state index in [1.165, 1.54) is 12.1 Å². The van der Waals surface area contributed by atoms with E-state index in [2.05, 4.69) is 16.8 Å². The molecule has 0 unspecified atom stereocenters. The average molecular weight is 226 g/mol. The molecule has 1 heterocycles. The molecule has 0 radical (unpaired) electrons. The third-order valence-electron chi connectivity index (χ3n) is 1.52. The Morgan fingerprint density at radius 1 is 1.53 bits per heavy atom. The van der Waals surface area contributed by atoms with Crippen molar-refractivity contribution in [3.8, 4) is 11.8 Å². The molecule has 1 aromatic rings. The van der Waals surface area contributed by atoms with E-state index >= 15 is 0 Å². The van der Waals surface area contributed by atoms with E-state index in [9.17, 15) is 4.79 Å². The topological polar surface area (TPSA) is 70.4 Å². The lowest BCUT2D eigenvalue weighted by Crippen LogP contribution is -2.03. The average Bonchev–Trinajstić information content (AvgIpc) is 2.20. The Morgan fingerprint density at radius 2 is 2.27 bits per heavy atom. The van der Waals surface area contributed by atoms with Crippen molar-refractivity contribution >= 4 is 17.6 Å². The van der Waals surface area contributed by atoms with Crippen LogP contribution >= 0.6 is 11.6 Å².